The fourth-order valence-electron chi connectivity index (χ4n) is 3.29. The van der Waals surface area contributed by atoms with Crippen molar-refractivity contribution in [1.82, 2.24) is 40.1 Å². The number of nitrogens with zero attached hydrogens (tertiary/aromatic N) is 6. The van der Waals surface area contributed by atoms with Crippen LogP contribution in [0.2, 0.25) is 0 Å². The summed E-state index contributed by atoms with van der Waals surface area (Å²) in [5.41, 5.74) is 2.21. The molecule has 28 heavy (non-hydrogen) atoms. The van der Waals surface area contributed by atoms with E-state index < -0.39 is 0 Å². The predicted molar refractivity (Wildman–Crippen MR) is 105 cm³/mol. The van der Waals surface area contributed by atoms with E-state index in [4.69, 9.17) is 4.74 Å². The van der Waals surface area contributed by atoms with Crippen LogP contribution in [0.1, 0.15) is 23.9 Å². The summed E-state index contributed by atoms with van der Waals surface area (Å²) in [5, 5.41) is 17.1. The van der Waals surface area contributed by atoms with E-state index in [2.05, 4.69) is 59.6 Å². The zero-order valence-corrected chi connectivity index (χ0v) is 15.8. The normalized spacial score (nSPS) is 12.6. The molecule has 4 aromatic rings. The van der Waals surface area contributed by atoms with E-state index in [1.54, 1.807) is 18.0 Å². The van der Waals surface area contributed by atoms with Gasteiger partial charge in [-0.1, -0.05) is 12.1 Å². The molecule has 9 heteroatoms. The molecule has 0 aliphatic heterocycles. The van der Waals surface area contributed by atoms with E-state index in [0.29, 0.717) is 13.2 Å². The molecule has 9 nitrogen and oxygen atoms in total. The van der Waals surface area contributed by atoms with E-state index in [1.165, 1.54) is 5.39 Å². The van der Waals surface area contributed by atoms with Gasteiger partial charge in [0.25, 0.3) is 0 Å². The van der Waals surface area contributed by atoms with Crippen LogP contribution >= 0.6 is 0 Å². The Balaban J connectivity index is 1.54. The molecule has 0 amide bonds. The van der Waals surface area contributed by atoms with Crippen molar-refractivity contribution in [2.75, 3.05) is 20.3 Å². The highest BCUT2D eigenvalue weighted by Crippen LogP contribution is 2.24. The average Bonchev–Trinajstić information content (AvgIpc) is 3.47. The van der Waals surface area contributed by atoms with Gasteiger partial charge < -0.3 is 19.6 Å². The Morgan fingerprint density at radius 1 is 1.25 bits per heavy atom. The van der Waals surface area contributed by atoms with Crippen LogP contribution in [0, 0.1) is 0 Å². The van der Waals surface area contributed by atoms with Gasteiger partial charge in [-0.25, -0.2) is 9.67 Å². The second kappa shape index (κ2) is 8.77. The highest BCUT2D eigenvalue weighted by Gasteiger charge is 2.21. The van der Waals surface area contributed by atoms with E-state index in [0.717, 1.165) is 36.4 Å². The van der Waals surface area contributed by atoms with Gasteiger partial charge in [-0.05, 0) is 46.5 Å². The molecular formula is C19H24N8O. The summed E-state index contributed by atoms with van der Waals surface area (Å²) >= 11 is 0. The minimum atomic E-state index is -0.109. The first-order chi connectivity index (χ1) is 13.8. The van der Waals surface area contributed by atoms with Crippen molar-refractivity contribution in [2.24, 2.45) is 0 Å². The van der Waals surface area contributed by atoms with Gasteiger partial charge in [0.1, 0.15) is 0 Å². The maximum Gasteiger partial charge on any atom is 0.172 e. The number of aryl methyl sites for hydroxylation is 1. The van der Waals surface area contributed by atoms with Crippen LogP contribution in [0.4, 0.5) is 0 Å². The Kier molecular flexibility index (Phi) is 5.74. The van der Waals surface area contributed by atoms with Crippen molar-refractivity contribution < 1.29 is 4.74 Å². The van der Waals surface area contributed by atoms with Gasteiger partial charge in [-0.15, -0.1) is 5.10 Å². The molecular weight excluding hydrogens is 356 g/mol. The molecule has 1 unspecified atom stereocenters. The molecule has 146 valence electrons. The number of methoxy groups -OCH3 is 1. The maximum atomic E-state index is 5.19. The summed E-state index contributed by atoms with van der Waals surface area (Å²) in [7, 11) is 1.68. The molecule has 2 N–H and O–H groups in total. The number of hydrogen-bond acceptors (Lipinski definition) is 6. The van der Waals surface area contributed by atoms with Crippen LogP contribution in [0.15, 0.2) is 49.2 Å². The van der Waals surface area contributed by atoms with Gasteiger partial charge in [0.2, 0.25) is 0 Å². The molecule has 4 rings (SSSR count). The molecule has 1 aromatic carbocycles. The van der Waals surface area contributed by atoms with Crippen molar-refractivity contribution in [1.29, 1.82) is 0 Å². The highest BCUT2D eigenvalue weighted by atomic mass is 16.5. The zero-order valence-electron chi connectivity index (χ0n) is 15.8. The minimum absolute atomic E-state index is 0.109. The van der Waals surface area contributed by atoms with Crippen LogP contribution in [-0.4, -0.2) is 55.0 Å². The molecule has 3 heterocycles. The van der Waals surface area contributed by atoms with E-state index >= 15 is 0 Å². The van der Waals surface area contributed by atoms with Gasteiger partial charge in [0, 0.05) is 37.8 Å². The highest BCUT2D eigenvalue weighted by molar-refractivity contribution is 5.80. The molecule has 0 saturated carbocycles. The van der Waals surface area contributed by atoms with Crippen LogP contribution in [0.25, 0.3) is 10.9 Å². The predicted octanol–water partition coefficient (Wildman–Crippen LogP) is 1.77. The third-order valence-electron chi connectivity index (χ3n) is 4.74. The van der Waals surface area contributed by atoms with Crippen LogP contribution in [0.5, 0.6) is 0 Å². The number of H-pyrrole nitrogens is 1. The smallest absolute Gasteiger partial charge is 0.172 e. The summed E-state index contributed by atoms with van der Waals surface area (Å²) in [4.78, 5) is 7.36. The van der Waals surface area contributed by atoms with Gasteiger partial charge in [-0.2, -0.15) is 0 Å². The van der Waals surface area contributed by atoms with Crippen molar-refractivity contribution >= 4 is 10.9 Å². The number of fused-ring (bicyclic) bond motifs is 1. The average molecular weight is 380 g/mol. The number of rotatable bonds is 10. The quantitative estimate of drug-likeness (QED) is 0.407. The number of tetrazole rings is 1. The molecule has 0 radical (unpaired) electrons. The van der Waals surface area contributed by atoms with Crippen LogP contribution < -0.4 is 5.32 Å². The van der Waals surface area contributed by atoms with E-state index in [1.807, 2.05) is 18.7 Å². The molecule has 0 aliphatic carbocycles. The Morgan fingerprint density at radius 3 is 3.07 bits per heavy atom. The lowest BCUT2D eigenvalue weighted by molar-refractivity contribution is 0.181. The van der Waals surface area contributed by atoms with Crippen molar-refractivity contribution in [2.45, 2.75) is 25.6 Å². The lowest BCUT2D eigenvalue weighted by atomic mass is 10.0. The molecule has 0 bridgehead atoms. The molecule has 3 aromatic heterocycles. The van der Waals surface area contributed by atoms with Crippen LogP contribution in [0.3, 0.4) is 0 Å². The summed E-state index contributed by atoms with van der Waals surface area (Å²) in [5.74, 6) is 0.783. The van der Waals surface area contributed by atoms with Gasteiger partial charge >= 0.3 is 0 Å². The van der Waals surface area contributed by atoms with Gasteiger partial charge in [0.05, 0.1) is 25.5 Å². The fraction of sp³-hybridized carbons (Fsp3) is 0.368. The number of aromatic amines is 1. The Labute approximate surface area is 162 Å². The maximum absolute atomic E-state index is 5.19. The monoisotopic (exact) mass is 380 g/mol. The second-order valence-electron chi connectivity index (χ2n) is 6.62. The lowest BCUT2D eigenvalue weighted by Crippen LogP contribution is -2.28. The minimum Gasteiger partial charge on any atom is -0.383 e. The third kappa shape index (κ3) is 4.10. The number of aromatic nitrogens is 7. The number of ether oxygens (including phenoxy) is 1. The van der Waals surface area contributed by atoms with Gasteiger partial charge in [-0.3, -0.25) is 0 Å². The zero-order chi connectivity index (χ0) is 19.2. The summed E-state index contributed by atoms with van der Waals surface area (Å²) in [6, 6.07) is 8.35. The fourth-order valence-corrected chi connectivity index (χ4v) is 3.29. The summed E-state index contributed by atoms with van der Waals surface area (Å²) in [6.07, 6.45) is 8.53. The van der Waals surface area contributed by atoms with Crippen LogP contribution in [-0.2, 0) is 17.8 Å². The molecule has 0 aliphatic rings. The Hall–Kier alpha value is -3.04. The SMILES string of the molecule is COCCn1nnnc1C(NCCCn1ccnc1)c1ccc2cc[nH]c2c1. The topological polar surface area (TPSA) is 98.5 Å². The first-order valence-electron chi connectivity index (χ1n) is 9.36. The number of benzene rings is 1. The second-order valence-corrected chi connectivity index (χ2v) is 6.62. The third-order valence-corrected chi connectivity index (χ3v) is 4.74. The summed E-state index contributed by atoms with van der Waals surface area (Å²) in [6.45, 7) is 2.89. The van der Waals surface area contributed by atoms with E-state index in [9.17, 15) is 0 Å². The first kappa shape index (κ1) is 18.3. The van der Waals surface area contributed by atoms with Crippen molar-refractivity contribution in [3.05, 3.63) is 60.6 Å². The molecule has 0 fully saturated rings. The Morgan fingerprint density at radius 2 is 2.21 bits per heavy atom. The summed E-state index contributed by atoms with van der Waals surface area (Å²) < 4.78 is 9.07. The Bertz CT molecular complexity index is 990. The first-order valence-corrected chi connectivity index (χ1v) is 9.36. The molecule has 0 spiro atoms. The van der Waals surface area contributed by atoms with E-state index in [-0.39, 0.29) is 6.04 Å². The van der Waals surface area contributed by atoms with Gasteiger partial charge in [0.15, 0.2) is 5.82 Å². The number of imidazole rings is 1. The largest absolute Gasteiger partial charge is 0.383 e. The molecule has 1 atom stereocenters. The lowest BCUT2D eigenvalue weighted by Gasteiger charge is -2.19. The molecule has 0 saturated heterocycles. The van der Waals surface area contributed by atoms with Crippen molar-refractivity contribution in [3.8, 4) is 0 Å². The van der Waals surface area contributed by atoms with Crippen molar-refractivity contribution in [3.63, 3.8) is 0 Å². The number of hydrogen-bond donors (Lipinski definition) is 2. The standard InChI is InChI=1S/C19H24N8O/c1-28-12-11-27-19(23-24-25-27)18(22-6-2-9-26-10-8-20-14-26)16-4-3-15-5-7-21-17(15)13-16/h3-5,7-8,10,13-14,18,21-22H,2,6,9,11-12H2,1H3. The number of nitrogens with one attached hydrogen (secondary N) is 2.